The highest BCUT2D eigenvalue weighted by atomic mass is 127. The first-order chi connectivity index (χ1) is 12.1. The Morgan fingerprint density at radius 2 is 1.78 bits per heavy atom. The lowest BCUT2D eigenvalue weighted by atomic mass is 10.1. The topological polar surface area (TPSA) is 63.2 Å². The Kier molecular flexibility index (Phi) is 11.3. The van der Waals surface area contributed by atoms with E-state index in [1.807, 2.05) is 51.8 Å². The van der Waals surface area contributed by atoms with Crippen molar-refractivity contribution in [2.45, 2.75) is 39.0 Å². The predicted molar refractivity (Wildman–Crippen MR) is 125 cm³/mol. The fraction of sp³-hybridized carbons (Fsp3) is 0.632. The summed E-state index contributed by atoms with van der Waals surface area (Å²) in [5.74, 6) is 2.80. The van der Waals surface area contributed by atoms with Crippen molar-refractivity contribution in [3.05, 3.63) is 23.3 Å². The van der Waals surface area contributed by atoms with Crippen LogP contribution < -0.4 is 14.8 Å². The maximum atomic E-state index is 12.2. The molecule has 156 valence electrons. The molecule has 0 aromatic heterocycles. The first-order valence-corrected chi connectivity index (χ1v) is 9.97. The van der Waals surface area contributed by atoms with E-state index in [0.717, 1.165) is 22.8 Å². The van der Waals surface area contributed by atoms with Gasteiger partial charge in [0.1, 0.15) is 0 Å². The first kappa shape index (κ1) is 26.0. The first-order valence-electron chi connectivity index (χ1n) is 8.65. The quantitative estimate of drug-likeness (QED) is 0.346. The molecule has 1 rings (SSSR count). The largest absolute Gasteiger partial charge is 0.493 e. The molecule has 0 bridgehead atoms. The van der Waals surface area contributed by atoms with E-state index in [4.69, 9.17) is 9.47 Å². The number of ether oxygens (including phenoxy) is 2. The Balaban J connectivity index is 0.00000676. The van der Waals surface area contributed by atoms with Crippen LogP contribution in [0.5, 0.6) is 11.5 Å². The average Bonchev–Trinajstić information content (AvgIpc) is 2.58. The highest BCUT2D eigenvalue weighted by Gasteiger charge is 2.19. The lowest BCUT2D eigenvalue weighted by Gasteiger charge is -2.24. The predicted octanol–water partition coefficient (Wildman–Crippen LogP) is 3.18. The zero-order chi connectivity index (χ0) is 19.9. The second kappa shape index (κ2) is 11.7. The molecule has 1 atom stereocenters. The highest BCUT2D eigenvalue weighted by Crippen LogP contribution is 2.30. The van der Waals surface area contributed by atoms with Gasteiger partial charge in [-0.25, -0.2) is 0 Å². The van der Waals surface area contributed by atoms with Gasteiger partial charge in [0.15, 0.2) is 17.5 Å². The number of aliphatic imine (C=N–C) groups is 1. The summed E-state index contributed by atoms with van der Waals surface area (Å²) in [5.41, 5.74) is 2.25. The van der Waals surface area contributed by atoms with Crippen molar-refractivity contribution >= 4 is 40.7 Å². The Hall–Kier alpha value is -1.03. The number of hydrogen-bond donors (Lipinski definition) is 1. The molecule has 6 nitrogen and oxygen atoms in total. The highest BCUT2D eigenvalue weighted by molar-refractivity contribution is 14.0. The molecule has 0 aliphatic carbocycles. The summed E-state index contributed by atoms with van der Waals surface area (Å²) in [7, 11) is 6.11. The standard InChI is InChI=1S/C19H33N3O3S.HI/c1-14-11-16(24-7)17(25-8)12-15(14)13-22(6)18(20-5)21-9-10-26(23)19(2,3)4;/h11-12H,9-10,13H2,1-8H3,(H,20,21);1H. The summed E-state index contributed by atoms with van der Waals surface area (Å²) >= 11 is 0. The van der Waals surface area contributed by atoms with Crippen LogP contribution in [0, 0.1) is 6.92 Å². The number of hydrogen-bond acceptors (Lipinski definition) is 4. The van der Waals surface area contributed by atoms with E-state index in [-0.39, 0.29) is 28.7 Å². The molecular weight excluding hydrogens is 477 g/mol. The van der Waals surface area contributed by atoms with Crippen molar-refractivity contribution in [2.24, 2.45) is 4.99 Å². The molecule has 0 fully saturated rings. The Morgan fingerprint density at radius 1 is 1.22 bits per heavy atom. The molecule has 0 spiro atoms. The normalized spacial score (nSPS) is 12.8. The van der Waals surface area contributed by atoms with Crippen molar-refractivity contribution in [1.29, 1.82) is 0 Å². The van der Waals surface area contributed by atoms with E-state index in [1.165, 1.54) is 0 Å². The zero-order valence-corrected chi connectivity index (χ0v) is 20.9. The van der Waals surface area contributed by atoms with Gasteiger partial charge >= 0.3 is 0 Å². The fourth-order valence-electron chi connectivity index (χ4n) is 2.47. The van der Waals surface area contributed by atoms with Crippen molar-refractivity contribution in [1.82, 2.24) is 10.2 Å². The molecule has 8 heteroatoms. The van der Waals surface area contributed by atoms with Crippen molar-refractivity contribution in [3.8, 4) is 11.5 Å². The van der Waals surface area contributed by atoms with Crippen molar-refractivity contribution in [2.75, 3.05) is 40.6 Å². The van der Waals surface area contributed by atoms with E-state index < -0.39 is 10.8 Å². The van der Waals surface area contributed by atoms with Gasteiger partial charge in [0.05, 0.1) is 14.2 Å². The summed E-state index contributed by atoms with van der Waals surface area (Å²) in [6, 6.07) is 3.97. The molecular formula is C19H34IN3O3S. The molecule has 1 N–H and O–H groups in total. The summed E-state index contributed by atoms with van der Waals surface area (Å²) in [4.78, 5) is 6.36. The van der Waals surface area contributed by atoms with Crippen LogP contribution in [-0.2, 0) is 17.3 Å². The molecule has 1 unspecified atom stereocenters. The van der Waals surface area contributed by atoms with Crippen LogP contribution in [0.2, 0.25) is 0 Å². The van der Waals surface area contributed by atoms with Gasteiger partial charge in [-0.1, -0.05) is 0 Å². The number of guanidine groups is 1. The summed E-state index contributed by atoms with van der Waals surface area (Å²) in [5, 5.41) is 3.29. The van der Waals surface area contributed by atoms with Crippen molar-refractivity contribution < 1.29 is 13.7 Å². The Bertz CT molecular complexity index is 660. The molecule has 27 heavy (non-hydrogen) atoms. The molecule has 1 aromatic rings. The minimum atomic E-state index is -0.885. The minimum absolute atomic E-state index is 0. The number of methoxy groups -OCH3 is 2. The number of rotatable bonds is 7. The average molecular weight is 511 g/mol. The third-order valence-corrected chi connectivity index (χ3v) is 6.02. The number of halogens is 1. The van der Waals surface area contributed by atoms with E-state index in [9.17, 15) is 4.21 Å². The second-order valence-corrected chi connectivity index (χ2v) is 9.45. The van der Waals surface area contributed by atoms with Crippen LogP contribution in [0.4, 0.5) is 0 Å². The molecule has 0 aliphatic heterocycles. The lowest BCUT2D eigenvalue weighted by Crippen LogP contribution is -2.41. The molecule has 1 aromatic carbocycles. The van der Waals surface area contributed by atoms with Crippen LogP contribution in [0.15, 0.2) is 17.1 Å². The van der Waals surface area contributed by atoms with Gasteiger partial charge in [-0.2, -0.15) is 0 Å². The lowest BCUT2D eigenvalue weighted by molar-refractivity contribution is 0.353. The number of nitrogens with one attached hydrogen (secondary N) is 1. The van der Waals surface area contributed by atoms with Crippen molar-refractivity contribution in [3.63, 3.8) is 0 Å². The van der Waals surface area contributed by atoms with E-state index >= 15 is 0 Å². The van der Waals surface area contributed by atoms with Crippen LogP contribution in [0.1, 0.15) is 31.9 Å². The number of aryl methyl sites for hydroxylation is 1. The van der Waals surface area contributed by atoms with Gasteiger partial charge in [-0.05, 0) is 51.0 Å². The van der Waals surface area contributed by atoms with Crippen LogP contribution >= 0.6 is 24.0 Å². The van der Waals surface area contributed by atoms with Gasteiger partial charge in [-0.3, -0.25) is 9.20 Å². The maximum Gasteiger partial charge on any atom is 0.193 e. The Morgan fingerprint density at radius 3 is 2.26 bits per heavy atom. The minimum Gasteiger partial charge on any atom is -0.493 e. The van der Waals surface area contributed by atoms with Gasteiger partial charge in [0.2, 0.25) is 0 Å². The third-order valence-electron chi connectivity index (χ3n) is 4.08. The fourth-order valence-corrected chi connectivity index (χ4v) is 3.37. The molecule has 0 amide bonds. The smallest absolute Gasteiger partial charge is 0.193 e. The van der Waals surface area contributed by atoms with Gasteiger partial charge in [-0.15, -0.1) is 24.0 Å². The van der Waals surface area contributed by atoms with E-state index in [2.05, 4.69) is 10.3 Å². The SMILES string of the molecule is CN=C(NCCS(=O)C(C)(C)C)N(C)Cc1cc(OC)c(OC)cc1C.I. The van der Waals surface area contributed by atoms with Gasteiger partial charge in [0.25, 0.3) is 0 Å². The summed E-state index contributed by atoms with van der Waals surface area (Å²) in [6.07, 6.45) is 0. The zero-order valence-electron chi connectivity index (χ0n) is 17.7. The molecule has 0 saturated carbocycles. The third kappa shape index (κ3) is 7.85. The molecule has 0 saturated heterocycles. The van der Waals surface area contributed by atoms with Crippen LogP contribution in [0.25, 0.3) is 0 Å². The van der Waals surface area contributed by atoms with E-state index in [1.54, 1.807) is 21.3 Å². The number of benzene rings is 1. The monoisotopic (exact) mass is 511 g/mol. The van der Waals surface area contributed by atoms with Gasteiger partial charge in [0, 0.05) is 48.5 Å². The van der Waals surface area contributed by atoms with Crippen LogP contribution in [0.3, 0.4) is 0 Å². The molecule has 0 aliphatic rings. The second-order valence-electron chi connectivity index (χ2n) is 7.13. The molecule has 0 radical (unpaired) electrons. The van der Waals surface area contributed by atoms with Crippen LogP contribution in [-0.4, -0.2) is 60.4 Å². The summed E-state index contributed by atoms with van der Waals surface area (Å²) in [6.45, 7) is 9.31. The van der Waals surface area contributed by atoms with Gasteiger partial charge < -0.3 is 19.7 Å². The molecule has 0 heterocycles. The number of nitrogens with zero attached hydrogens (tertiary/aromatic N) is 2. The maximum absolute atomic E-state index is 12.2. The summed E-state index contributed by atoms with van der Waals surface area (Å²) < 4.78 is 22.7. The van der Waals surface area contributed by atoms with E-state index in [0.29, 0.717) is 24.6 Å². The Labute approximate surface area is 183 Å².